The highest BCUT2D eigenvalue weighted by atomic mass is 16.3. The maximum Gasteiger partial charge on any atom is 0.252 e. The van der Waals surface area contributed by atoms with E-state index in [0.29, 0.717) is 18.2 Å². The van der Waals surface area contributed by atoms with E-state index in [1.54, 1.807) is 32.7 Å². The number of aromatic nitrogens is 2. The van der Waals surface area contributed by atoms with Crippen LogP contribution in [0.5, 0.6) is 0 Å². The second-order valence-corrected chi connectivity index (χ2v) is 4.36. The molecule has 0 radical (unpaired) electrons. The van der Waals surface area contributed by atoms with E-state index in [-0.39, 0.29) is 5.56 Å². The van der Waals surface area contributed by atoms with Crippen LogP contribution in [0.15, 0.2) is 10.9 Å². The first-order chi connectivity index (χ1) is 6.78. The van der Waals surface area contributed by atoms with E-state index in [2.05, 4.69) is 9.97 Å². The topological polar surface area (TPSA) is 69.2 Å². The van der Waals surface area contributed by atoms with Crippen LogP contribution in [0.3, 0.4) is 0 Å². The number of nitrogens with one attached hydrogen (secondary N) is 1. The van der Waals surface area contributed by atoms with Crippen LogP contribution in [0, 0.1) is 6.92 Å². The summed E-state index contributed by atoms with van der Waals surface area (Å²) in [6.45, 7) is 5.57. The first-order valence-corrected chi connectivity index (χ1v) is 4.79. The van der Waals surface area contributed by atoms with Crippen LogP contribution in [0.1, 0.15) is 19.7 Å². The molecule has 0 atom stereocenters. The van der Waals surface area contributed by atoms with E-state index >= 15 is 0 Å². The Morgan fingerprint density at radius 1 is 1.60 bits per heavy atom. The number of H-pyrrole nitrogens is 1. The van der Waals surface area contributed by atoms with Gasteiger partial charge in [0.15, 0.2) is 0 Å². The van der Waals surface area contributed by atoms with Crippen molar-refractivity contribution < 1.29 is 5.11 Å². The normalized spacial score (nSPS) is 11.5. The minimum absolute atomic E-state index is 0.180. The van der Waals surface area contributed by atoms with Crippen molar-refractivity contribution in [2.45, 2.75) is 26.4 Å². The molecule has 1 heterocycles. The third-order valence-corrected chi connectivity index (χ3v) is 1.86. The summed E-state index contributed by atoms with van der Waals surface area (Å²) in [5, 5.41) is 9.63. The molecule has 0 fully saturated rings. The fourth-order valence-electron chi connectivity index (χ4n) is 1.42. The van der Waals surface area contributed by atoms with Crippen LogP contribution in [-0.4, -0.2) is 34.3 Å². The molecule has 1 aromatic rings. The number of likely N-dealkylation sites (N-methyl/N-ethyl adjacent to an activating group) is 1. The van der Waals surface area contributed by atoms with Gasteiger partial charge < -0.3 is 15.0 Å². The van der Waals surface area contributed by atoms with Crippen LogP contribution in [0.2, 0.25) is 0 Å². The van der Waals surface area contributed by atoms with E-state index in [9.17, 15) is 9.90 Å². The van der Waals surface area contributed by atoms with Gasteiger partial charge in [0.2, 0.25) is 0 Å². The number of nitrogens with zero attached hydrogens (tertiary/aromatic N) is 2. The second-order valence-electron chi connectivity index (χ2n) is 4.36. The molecule has 2 N–H and O–H groups in total. The molecule has 1 aromatic heterocycles. The van der Waals surface area contributed by atoms with Gasteiger partial charge in [-0.1, -0.05) is 0 Å². The third kappa shape index (κ3) is 3.71. The maximum atomic E-state index is 11.2. The molecular formula is C10H17N3O2. The third-order valence-electron chi connectivity index (χ3n) is 1.86. The van der Waals surface area contributed by atoms with E-state index in [1.807, 2.05) is 0 Å². The van der Waals surface area contributed by atoms with Crippen molar-refractivity contribution in [3.8, 4) is 0 Å². The van der Waals surface area contributed by atoms with Gasteiger partial charge in [-0.15, -0.1) is 0 Å². The van der Waals surface area contributed by atoms with Crippen LogP contribution < -0.4 is 10.5 Å². The van der Waals surface area contributed by atoms with Crippen molar-refractivity contribution in [2.24, 2.45) is 0 Å². The highest BCUT2D eigenvalue weighted by Gasteiger charge is 2.16. The quantitative estimate of drug-likeness (QED) is 0.753. The summed E-state index contributed by atoms with van der Waals surface area (Å²) in [4.78, 5) is 19.7. The monoisotopic (exact) mass is 211 g/mol. The van der Waals surface area contributed by atoms with Gasteiger partial charge in [0.05, 0.1) is 5.60 Å². The van der Waals surface area contributed by atoms with Crippen LogP contribution >= 0.6 is 0 Å². The maximum absolute atomic E-state index is 11.2. The first-order valence-electron chi connectivity index (χ1n) is 4.79. The fraction of sp³-hybridized carbons (Fsp3) is 0.600. The standard InChI is InChI=1S/C10H17N3O2/c1-7-11-8(5-9(14)12-7)13(4)6-10(2,3)15/h5,15H,6H2,1-4H3,(H,11,12,14). The molecule has 0 spiro atoms. The predicted molar refractivity (Wildman–Crippen MR) is 59.2 cm³/mol. The number of anilines is 1. The first kappa shape index (κ1) is 11.7. The molecular weight excluding hydrogens is 194 g/mol. The molecule has 84 valence electrons. The molecule has 0 bridgehead atoms. The molecule has 0 saturated carbocycles. The van der Waals surface area contributed by atoms with Gasteiger partial charge in [0.1, 0.15) is 11.6 Å². The smallest absolute Gasteiger partial charge is 0.252 e. The van der Waals surface area contributed by atoms with Gasteiger partial charge in [-0.3, -0.25) is 4.79 Å². The molecule has 0 unspecified atom stereocenters. The molecule has 1 rings (SSSR count). The summed E-state index contributed by atoms with van der Waals surface area (Å²) >= 11 is 0. The van der Waals surface area contributed by atoms with Crippen molar-refractivity contribution in [2.75, 3.05) is 18.5 Å². The Labute approximate surface area is 88.8 Å². The molecule has 5 heteroatoms. The molecule has 0 aliphatic heterocycles. The van der Waals surface area contributed by atoms with Crippen molar-refractivity contribution in [1.29, 1.82) is 0 Å². The number of hydrogen-bond acceptors (Lipinski definition) is 4. The summed E-state index contributed by atoms with van der Waals surface area (Å²) in [7, 11) is 1.79. The van der Waals surface area contributed by atoms with Gasteiger partial charge in [-0.2, -0.15) is 0 Å². The Bertz CT molecular complexity index is 392. The largest absolute Gasteiger partial charge is 0.389 e. The molecule has 15 heavy (non-hydrogen) atoms. The number of rotatable bonds is 3. The Balaban J connectivity index is 2.91. The molecule has 0 aliphatic rings. The Morgan fingerprint density at radius 2 is 2.20 bits per heavy atom. The van der Waals surface area contributed by atoms with Gasteiger partial charge in [0, 0.05) is 19.7 Å². The number of aryl methyl sites for hydroxylation is 1. The lowest BCUT2D eigenvalue weighted by molar-refractivity contribution is 0.0884. The summed E-state index contributed by atoms with van der Waals surface area (Å²) in [6.07, 6.45) is 0. The average molecular weight is 211 g/mol. The van der Waals surface area contributed by atoms with Crippen LogP contribution in [0.4, 0.5) is 5.82 Å². The lowest BCUT2D eigenvalue weighted by atomic mass is 10.1. The van der Waals surface area contributed by atoms with Crippen LogP contribution in [0.25, 0.3) is 0 Å². The highest BCUT2D eigenvalue weighted by molar-refractivity contribution is 5.36. The zero-order chi connectivity index (χ0) is 11.6. The summed E-state index contributed by atoms with van der Waals surface area (Å²) in [6, 6.07) is 1.42. The Hall–Kier alpha value is -1.36. The second kappa shape index (κ2) is 4.02. The van der Waals surface area contributed by atoms with Gasteiger partial charge in [-0.25, -0.2) is 4.98 Å². The zero-order valence-corrected chi connectivity index (χ0v) is 9.53. The summed E-state index contributed by atoms with van der Waals surface area (Å²) in [5.74, 6) is 1.14. The molecule has 5 nitrogen and oxygen atoms in total. The van der Waals surface area contributed by atoms with Gasteiger partial charge in [-0.05, 0) is 20.8 Å². The summed E-state index contributed by atoms with van der Waals surface area (Å²) in [5.41, 5.74) is -0.993. The van der Waals surface area contributed by atoms with E-state index < -0.39 is 5.60 Å². The van der Waals surface area contributed by atoms with Crippen molar-refractivity contribution in [1.82, 2.24) is 9.97 Å². The molecule has 0 aliphatic carbocycles. The highest BCUT2D eigenvalue weighted by Crippen LogP contribution is 2.10. The fourth-order valence-corrected chi connectivity index (χ4v) is 1.42. The SMILES string of the molecule is Cc1nc(N(C)CC(C)(C)O)cc(=O)[nH]1. The van der Waals surface area contributed by atoms with Crippen molar-refractivity contribution in [3.05, 3.63) is 22.2 Å². The summed E-state index contributed by atoms with van der Waals surface area (Å²) < 4.78 is 0. The van der Waals surface area contributed by atoms with Crippen molar-refractivity contribution >= 4 is 5.82 Å². The Kier molecular flexibility index (Phi) is 3.14. The lowest BCUT2D eigenvalue weighted by Gasteiger charge is -2.26. The average Bonchev–Trinajstić information content (AvgIpc) is 1.98. The zero-order valence-electron chi connectivity index (χ0n) is 9.53. The lowest BCUT2D eigenvalue weighted by Crippen LogP contribution is -2.37. The number of hydrogen-bond donors (Lipinski definition) is 2. The molecule has 0 amide bonds. The van der Waals surface area contributed by atoms with Gasteiger partial charge in [0.25, 0.3) is 5.56 Å². The number of aliphatic hydroxyl groups is 1. The Morgan fingerprint density at radius 3 is 2.67 bits per heavy atom. The predicted octanol–water partition coefficient (Wildman–Crippen LogP) is 0.285. The molecule has 0 aromatic carbocycles. The van der Waals surface area contributed by atoms with Crippen molar-refractivity contribution in [3.63, 3.8) is 0 Å². The minimum atomic E-state index is -0.813. The minimum Gasteiger partial charge on any atom is -0.389 e. The van der Waals surface area contributed by atoms with Gasteiger partial charge >= 0.3 is 0 Å². The van der Waals surface area contributed by atoms with Crippen LogP contribution in [-0.2, 0) is 0 Å². The molecule has 0 saturated heterocycles. The number of aromatic amines is 1. The van der Waals surface area contributed by atoms with E-state index in [4.69, 9.17) is 0 Å². The van der Waals surface area contributed by atoms with E-state index in [1.165, 1.54) is 6.07 Å². The van der Waals surface area contributed by atoms with E-state index in [0.717, 1.165) is 0 Å².